The van der Waals surface area contributed by atoms with Crippen molar-refractivity contribution in [3.63, 3.8) is 0 Å². The first-order valence-corrected chi connectivity index (χ1v) is 7.08. The zero-order chi connectivity index (χ0) is 13.7. The lowest BCUT2D eigenvalue weighted by Crippen LogP contribution is -2.47. The van der Waals surface area contributed by atoms with Gasteiger partial charge in [0.05, 0.1) is 12.0 Å². The van der Waals surface area contributed by atoms with Crippen molar-refractivity contribution in [3.8, 4) is 0 Å². The first-order valence-electron chi connectivity index (χ1n) is 6.64. The van der Waals surface area contributed by atoms with Gasteiger partial charge in [-0.05, 0) is 17.7 Å². The van der Waals surface area contributed by atoms with Crippen molar-refractivity contribution < 1.29 is 9.50 Å². The first-order chi connectivity index (χ1) is 9.19. The van der Waals surface area contributed by atoms with Crippen LogP contribution in [0.15, 0.2) is 24.3 Å². The van der Waals surface area contributed by atoms with Crippen LogP contribution in [0, 0.1) is 5.82 Å². The molecule has 0 radical (unpaired) electrons. The SMILES string of the molecule is OCCN1CCN(CC(Cl)c2ccc(F)cc2)CC1. The van der Waals surface area contributed by atoms with Gasteiger partial charge in [-0.25, -0.2) is 4.39 Å². The Labute approximate surface area is 118 Å². The molecule has 106 valence electrons. The monoisotopic (exact) mass is 286 g/mol. The predicted octanol–water partition coefficient (Wildman–Crippen LogP) is 1.72. The summed E-state index contributed by atoms with van der Waals surface area (Å²) in [6.45, 7) is 5.60. The molecular formula is C14H20ClFN2O. The van der Waals surface area contributed by atoms with Crippen molar-refractivity contribution in [3.05, 3.63) is 35.6 Å². The van der Waals surface area contributed by atoms with Gasteiger partial charge in [0.2, 0.25) is 0 Å². The molecule has 0 saturated carbocycles. The van der Waals surface area contributed by atoms with E-state index in [4.69, 9.17) is 16.7 Å². The smallest absolute Gasteiger partial charge is 0.123 e. The van der Waals surface area contributed by atoms with Crippen molar-refractivity contribution in [2.24, 2.45) is 0 Å². The lowest BCUT2D eigenvalue weighted by molar-refractivity contribution is 0.112. The number of β-amino-alcohol motifs (C(OH)–C–C–N with tert-alkyl or cyclic N) is 1. The molecule has 3 nitrogen and oxygen atoms in total. The summed E-state index contributed by atoms with van der Waals surface area (Å²) < 4.78 is 12.8. The molecule has 1 aliphatic rings. The van der Waals surface area contributed by atoms with Gasteiger partial charge in [-0.1, -0.05) is 12.1 Å². The highest BCUT2D eigenvalue weighted by molar-refractivity contribution is 6.21. The average molecular weight is 287 g/mol. The molecule has 1 aromatic rings. The van der Waals surface area contributed by atoms with Crippen LogP contribution in [-0.2, 0) is 0 Å². The predicted molar refractivity (Wildman–Crippen MR) is 75.0 cm³/mol. The Morgan fingerprint density at radius 3 is 2.26 bits per heavy atom. The van der Waals surface area contributed by atoms with Gasteiger partial charge in [-0.2, -0.15) is 0 Å². The molecule has 1 fully saturated rings. The molecule has 2 rings (SSSR count). The van der Waals surface area contributed by atoms with Gasteiger partial charge in [0, 0.05) is 39.3 Å². The van der Waals surface area contributed by atoms with Gasteiger partial charge in [-0.15, -0.1) is 11.6 Å². The number of alkyl halides is 1. The maximum Gasteiger partial charge on any atom is 0.123 e. The lowest BCUT2D eigenvalue weighted by Gasteiger charge is -2.35. The number of rotatable bonds is 5. The van der Waals surface area contributed by atoms with Gasteiger partial charge in [0.1, 0.15) is 5.82 Å². The number of aliphatic hydroxyl groups excluding tert-OH is 1. The van der Waals surface area contributed by atoms with E-state index < -0.39 is 0 Å². The Morgan fingerprint density at radius 2 is 1.68 bits per heavy atom. The van der Waals surface area contributed by atoms with E-state index in [-0.39, 0.29) is 17.8 Å². The van der Waals surface area contributed by atoms with Crippen molar-refractivity contribution in [1.29, 1.82) is 0 Å². The van der Waals surface area contributed by atoms with E-state index in [0.29, 0.717) is 0 Å². The van der Waals surface area contributed by atoms with Crippen LogP contribution in [0.3, 0.4) is 0 Å². The molecule has 0 spiro atoms. The summed E-state index contributed by atoms with van der Waals surface area (Å²) in [5, 5.41) is 8.79. The maximum absolute atomic E-state index is 12.8. The summed E-state index contributed by atoms with van der Waals surface area (Å²) in [5.74, 6) is -0.231. The first kappa shape index (κ1) is 14.7. The highest BCUT2D eigenvalue weighted by Crippen LogP contribution is 2.22. The number of halogens is 2. The topological polar surface area (TPSA) is 26.7 Å². The molecule has 0 amide bonds. The summed E-state index contributed by atoms with van der Waals surface area (Å²) in [7, 11) is 0. The number of nitrogens with zero attached hydrogens (tertiary/aromatic N) is 2. The molecular weight excluding hydrogens is 267 g/mol. The number of hydrogen-bond acceptors (Lipinski definition) is 3. The summed E-state index contributed by atoms with van der Waals surface area (Å²) in [6.07, 6.45) is 0. The van der Waals surface area contributed by atoms with Gasteiger partial charge in [0.15, 0.2) is 0 Å². The Kier molecular flexibility index (Phi) is 5.58. The van der Waals surface area contributed by atoms with Crippen LogP contribution in [0.2, 0.25) is 0 Å². The molecule has 19 heavy (non-hydrogen) atoms. The summed E-state index contributed by atoms with van der Waals surface area (Å²) in [6, 6.07) is 6.39. The quantitative estimate of drug-likeness (QED) is 0.835. The Bertz CT molecular complexity index is 380. The third-order valence-corrected chi connectivity index (χ3v) is 3.92. The van der Waals surface area contributed by atoms with E-state index in [1.54, 1.807) is 12.1 Å². The van der Waals surface area contributed by atoms with E-state index in [9.17, 15) is 4.39 Å². The van der Waals surface area contributed by atoms with Crippen LogP contribution in [0.25, 0.3) is 0 Å². The van der Waals surface area contributed by atoms with Gasteiger partial charge >= 0.3 is 0 Å². The number of aliphatic hydroxyl groups is 1. The summed E-state index contributed by atoms with van der Waals surface area (Å²) in [5.41, 5.74) is 0.959. The number of piperazine rings is 1. The Balaban J connectivity index is 1.80. The van der Waals surface area contributed by atoms with Crippen LogP contribution in [-0.4, -0.2) is 60.8 Å². The van der Waals surface area contributed by atoms with Crippen LogP contribution in [0.5, 0.6) is 0 Å². The van der Waals surface area contributed by atoms with Gasteiger partial charge in [-0.3, -0.25) is 9.80 Å². The van der Waals surface area contributed by atoms with Crippen LogP contribution in [0.1, 0.15) is 10.9 Å². The fraction of sp³-hybridized carbons (Fsp3) is 0.571. The third-order valence-electron chi connectivity index (χ3n) is 3.53. The van der Waals surface area contributed by atoms with E-state index in [0.717, 1.165) is 44.8 Å². The van der Waals surface area contributed by atoms with Crippen molar-refractivity contribution >= 4 is 11.6 Å². The molecule has 5 heteroatoms. The third kappa shape index (κ3) is 4.42. The molecule has 1 N–H and O–H groups in total. The van der Waals surface area contributed by atoms with Gasteiger partial charge in [0.25, 0.3) is 0 Å². The second-order valence-corrected chi connectivity index (χ2v) is 5.41. The van der Waals surface area contributed by atoms with Crippen molar-refractivity contribution in [1.82, 2.24) is 9.80 Å². The molecule has 0 aliphatic carbocycles. The van der Waals surface area contributed by atoms with E-state index in [1.165, 1.54) is 12.1 Å². The largest absolute Gasteiger partial charge is 0.395 e. The highest BCUT2D eigenvalue weighted by atomic mass is 35.5. The van der Waals surface area contributed by atoms with E-state index >= 15 is 0 Å². The molecule has 0 aromatic heterocycles. The van der Waals surface area contributed by atoms with E-state index in [1.807, 2.05) is 0 Å². The molecule has 0 bridgehead atoms. The van der Waals surface area contributed by atoms with Gasteiger partial charge < -0.3 is 5.11 Å². The molecule has 1 saturated heterocycles. The zero-order valence-corrected chi connectivity index (χ0v) is 11.7. The fourth-order valence-corrected chi connectivity index (χ4v) is 2.68. The summed E-state index contributed by atoms with van der Waals surface area (Å²) >= 11 is 6.37. The van der Waals surface area contributed by atoms with Crippen LogP contribution in [0.4, 0.5) is 4.39 Å². The lowest BCUT2D eigenvalue weighted by atomic mass is 10.1. The number of hydrogen-bond donors (Lipinski definition) is 1. The minimum Gasteiger partial charge on any atom is -0.395 e. The Morgan fingerprint density at radius 1 is 1.11 bits per heavy atom. The Hall–Kier alpha value is -0.680. The zero-order valence-electron chi connectivity index (χ0n) is 10.9. The van der Waals surface area contributed by atoms with Crippen LogP contribution >= 0.6 is 11.6 Å². The molecule has 1 heterocycles. The minimum atomic E-state index is -0.231. The minimum absolute atomic E-state index is 0.106. The second kappa shape index (κ2) is 7.20. The number of benzene rings is 1. The van der Waals surface area contributed by atoms with Crippen LogP contribution < -0.4 is 0 Å². The van der Waals surface area contributed by atoms with Crippen molar-refractivity contribution in [2.45, 2.75) is 5.38 Å². The normalized spacial score (nSPS) is 19.5. The average Bonchev–Trinajstić information content (AvgIpc) is 2.42. The summed E-state index contributed by atoms with van der Waals surface area (Å²) in [4.78, 5) is 4.56. The molecule has 1 unspecified atom stereocenters. The molecule has 1 atom stereocenters. The molecule has 1 aromatic carbocycles. The maximum atomic E-state index is 12.8. The standard InChI is InChI=1S/C14H20ClFN2O/c15-14(12-1-3-13(16)4-2-12)11-18-7-5-17(6-8-18)9-10-19/h1-4,14,19H,5-11H2. The molecule has 1 aliphatic heterocycles. The second-order valence-electron chi connectivity index (χ2n) is 4.88. The fourth-order valence-electron chi connectivity index (χ4n) is 2.34. The van der Waals surface area contributed by atoms with Crippen molar-refractivity contribution in [2.75, 3.05) is 45.9 Å². The highest BCUT2D eigenvalue weighted by Gasteiger charge is 2.19. The van der Waals surface area contributed by atoms with E-state index in [2.05, 4.69) is 9.80 Å².